The van der Waals surface area contributed by atoms with Crippen molar-refractivity contribution in [3.05, 3.63) is 118 Å². The number of hydrogen-bond acceptors (Lipinski definition) is 11. The van der Waals surface area contributed by atoms with Gasteiger partial charge in [0.05, 0.1) is 26.4 Å². The molecule has 348 valence electrons. The molecule has 1 aliphatic rings. The van der Waals surface area contributed by atoms with Crippen LogP contribution in [-0.2, 0) is 28.6 Å². The van der Waals surface area contributed by atoms with E-state index < -0.39 is 17.9 Å². The highest BCUT2D eigenvalue weighted by molar-refractivity contribution is 5.98. The summed E-state index contributed by atoms with van der Waals surface area (Å²) in [5.74, 6) is -0.182. The maximum atomic E-state index is 12.2. The summed E-state index contributed by atoms with van der Waals surface area (Å²) in [6.07, 6.45) is 11.4. The second kappa shape index (κ2) is 27.5. The van der Waals surface area contributed by atoms with Crippen molar-refractivity contribution in [2.45, 2.75) is 80.1 Å². The average Bonchev–Trinajstić information content (AvgIpc) is 3.33. The monoisotopic (exact) mass is 895 g/mol. The third-order valence-electron chi connectivity index (χ3n) is 12.1. The Morgan fingerprint density at radius 3 is 1.12 bits per heavy atom. The van der Waals surface area contributed by atoms with Crippen molar-refractivity contribution in [1.29, 1.82) is 10.5 Å². The molecule has 1 aliphatic carbocycles. The first-order valence-electron chi connectivity index (χ1n) is 23.4. The summed E-state index contributed by atoms with van der Waals surface area (Å²) in [5, 5.41) is 19.0. The number of benzene rings is 3. The zero-order valence-electron chi connectivity index (χ0n) is 39.6. The van der Waals surface area contributed by atoms with Crippen LogP contribution in [-0.4, -0.2) is 77.0 Å². The van der Waals surface area contributed by atoms with Gasteiger partial charge in [0.2, 0.25) is 0 Å². The first-order chi connectivity index (χ1) is 32.0. The van der Waals surface area contributed by atoms with Crippen molar-refractivity contribution < 1.29 is 28.6 Å². The molecule has 0 aliphatic heterocycles. The number of nitrogens with zero attached hydrogens (tertiary/aromatic N) is 6. The number of carbonyl (C=O) groups excluding carboxylic acids is 3. The Hall–Kier alpha value is -6.84. The summed E-state index contributed by atoms with van der Waals surface area (Å²) >= 11 is 0. The number of carbonyl (C=O) groups is 3. The van der Waals surface area contributed by atoms with Crippen LogP contribution in [0.25, 0.3) is 23.1 Å². The number of nitriles is 2. The van der Waals surface area contributed by atoms with Gasteiger partial charge in [-0.15, -0.1) is 0 Å². The Morgan fingerprint density at radius 2 is 0.848 bits per heavy atom. The molecule has 0 aromatic heterocycles. The van der Waals surface area contributed by atoms with Gasteiger partial charge < -0.3 is 28.9 Å². The smallest absolute Gasteiger partial charge is 0.348 e. The first-order valence-corrected chi connectivity index (χ1v) is 23.4. The largest absolute Gasteiger partial charge is 0.471 e. The van der Waals surface area contributed by atoms with Gasteiger partial charge in [0.15, 0.2) is 0 Å². The maximum Gasteiger partial charge on any atom is 0.348 e. The van der Waals surface area contributed by atoms with Crippen LogP contribution in [0, 0.1) is 47.0 Å². The lowest BCUT2D eigenvalue weighted by molar-refractivity contribution is -0.138. The molecule has 0 amide bonds. The van der Waals surface area contributed by atoms with Gasteiger partial charge >= 0.3 is 17.9 Å². The third kappa shape index (κ3) is 15.7. The van der Waals surface area contributed by atoms with Crippen molar-refractivity contribution in [2.75, 3.05) is 73.8 Å². The zero-order chi connectivity index (χ0) is 47.8. The van der Waals surface area contributed by atoms with Crippen molar-refractivity contribution in [3.63, 3.8) is 0 Å². The van der Waals surface area contributed by atoms with E-state index in [1.165, 1.54) is 19.3 Å². The highest BCUT2D eigenvalue weighted by Crippen LogP contribution is 2.39. The van der Waals surface area contributed by atoms with Crippen LogP contribution in [0.3, 0.4) is 0 Å². The molecule has 12 nitrogen and oxygen atoms in total. The predicted octanol–water partition coefficient (Wildman–Crippen LogP) is 10.5. The van der Waals surface area contributed by atoms with Crippen LogP contribution >= 0.6 is 0 Å². The van der Waals surface area contributed by atoms with E-state index >= 15 is 0 Å². The number of esters is 3. The van der Waals surface area contributed by atoms with Crippen molar-refractivity contribution in [2.24, 2.45) is 17.8 Å². The summed E-state index contributed by atoms with van der Waals surface area (Å²) in [4.78, 5) is 47.2. The van der Waals surface area contributed by atoms with Gasteiger partial charge in [-0.1, -0.05) is 36.4 Å². The van der Waals surface area contributed by atoms with Crippen LogP contribution in [0.2, 0.25) is 0 Å². The van der Waals surface area contributed by atoms with E-state index in [1.807, 2.05) is 48.5 Å². The van der Waals surface area contributed by atoms with E-state index in [0.29, 0.717) is 17.8 Å². The van der Waals surface area contributed by atoms with Gasteiger partial charge in [-0.2, -0.15) is 10.5 Å². The number of rotatable bonds is 24. The van der Waals surface area contributed by atoms with E-state index in [0.717, 1.165) is 92.3 Å². The molecule has 12 heteroatoms. The van der Waals surface area contributed by atoms with Gasteiger partial charge in [-0.05, 0) is 169 Å². The fourth-order valence-corrected chi connectivity index (χ4v) is 8.70. The van der Waals surface area contributed by atoms with Crippen LogP contribution in [0.1, 0.15) is 96.8 Å². The summed E-state index contributed by atoms with van der Waals surface area (Å²) in [6.45, 7) is 25.1. The Labute approximate surface area is 392 Å². The molecule has 66 heavy (non-hydrogen) atoms. The quantitative estimate of drug-likeness (QED) is 0.0279. The molecule has 0 saturated heterocycles. The standard InChI is InChI=1S/C54H66N6O6/c1-8-58(48-20-14-40(15-21-48)35-46(38-55)52(61)64-11-4)29-26-43-32-44(27-30-59(9-2)49-22-16-41(17-23-49)36-47(39-56)53(62)65-12-5)34-45(33-43)28-31-60(10-3)50-24-18-42(19-25-50)37-51(57-7)54(63)66-13-6/h14-25,35-37,43-45H,8-13,26-34H2,1-6H3/b46-35+,47-36+,51-37-. The molecular formula is C54H66N6O6. The topological polar surface area (TPSA) is 141 Å². The summed E-state index contributed by atoms with van der Waals surface area (Å²) in [5.41, 5.74) is 5.54. The normalized spacial score (nSPS) is 16.2. The van der Waals surface area contributed by atoms with Gasteiger partial charge in [0.25, 0.3) is 5.70 Å². The van der Waals surface area contributed by atoms with Crippen molar-refractivity contribution in [3.8, 4) is 12.1 Å². The highest BCUT2D eigenvalue weighted by atomic mass is 16.5. The third-order valence-corrected chi connectivity index (χ3v) is 12.1. The summed E-state index contributed by atoms with van der Waals surface area (Å²) in [7, 11) is 0. The maximum absolute atomic E-state index is 12.2. The van der Waals surface area contributed by atoms with Crippen LogP contribution in [0.5, 0.6) is 0 Å². The van der Waals surface area contributed by atoms with Crippen LogP contribution < -0.4 is 14.7 Å². The molecule has 1 saturated carbocycles. The fourth-order valence-electron chi connectivity index (χ4n) is 8.70. The summed E-state index contributed by atoms with van der Waals surface area (Å²) < 4.78 is 15.1. The molecule has 2 unspecified atom stereocenters. The van der Waals surface area contributed by atoms with Gasteiger partial charge in [0.1, 0.15) is 23.3 Å². The lowest BCUT2D eigenvalue weighted by Crippen LogP contribution is -2.33. The number of hydrogen-bond donors (Lipinski definition) is 0. The number of ether oxygens (including phenoxy) is 3. The van der Waals surface area contributed by atoms with E-state index in [9.17, 15) is 24.9 Å². The molecule has 1 fully saturated rings. The van der Waals surface area contributed by atoms with Crippen molar-refractivity contribution >= 4 is 53.2 Å². The molecule has 3 aromatic carbocycles. The van der Waals surface area contributed by atoms with E-state index in [4.69, 9.17) is 20.8 Å². The first kappa shape index (κ1) is 51.8. The SMILES string of the molecule is [C-]#[N+]/C(=C\c1ccc(N(CC)CCC2CC(CCN(CC)c3ccc(/C=C(\C#N)C(=O)OCC)cc3)CC(CCN(CC)c3ccc(/C=C(\C#N)C(=O)OCC)cc3)C2)cc1)C(=O)OCC. The lowest BCUT2D eigenvalue weighted by Gasteiger charge is -2.38. The van der Waals surface area contributed by atoms with E-state index in [2.05, 4.69) is 76.7 Å². The van der Waals surface area contributed by atoms with Gasteiger partial charge in [-0.3, -0.25) is 4.79 Å². The van der Waals surface area contributed by atoms with E-state index in [1.54, 1.807) is 39.0 Å². The molecule has 0 spiro atoms. The lowest BCUT2D eigenvalue weighted by atomic mass is 9.71. The molecule has 0 heterocycles. The number of anilines is 3. The Morgan fingerprint density at radius 1 is 0.545 bits per heavy atom. The Kier molecular flexibility index (Phi) is 21.6. The summed E-state index contributed by atoms with van der Waals surface area (Å²) in [6, 6.07) is 27.9. The minimum absolute atomic E-state index is 0.0232. The Balaban J connectivity index is 1.49. The molecular weight excluding hydrogens is 829 g/mol. The predicted molar refractivity (Wildman–Crippen MR) is 263 cm³/mol. The molecule has 0 radical (unpaired) electrons. The van der Waals surface area contributed by atoms with Crippen LogP contribution in [0.4, 0.5) is 17.1 Å². The van der Waals surface area contributed by atoms with Crippen molar-refractivity contribution in [1.82, 2.24) is 0 Å². The van der Waals surface area contributed by atoms with Gasteiger partial charge in [0, 0.05) is 56.3 Å². The zero-order valence-corrected chi connectivity index (χ0v) is 39.6. The second-order valence-corrected chi connectivity index (χ2v) is 16.3. The molecule has 0 N–H and O–H groups in total. The van der Waals surface area contributed by atoms with Crippen LogP contribution in [0.15, 0.2) is 89.6 Å². The second-order valence-electron chi connectivity index (χ2n) is 16.3. The molecule has 3 aromatic rings. The average molecular weight is 895 g/mol. The molecule has 2 atom stereocenters. The van der Waals surface area contributed by atoms with E-state index in [-0.39, 0.29) is 36.7 Å². The minimum Gasteiger partial charge on any atom is -0.471 e. The fraction of sp³-hybridized carbons (Fsp3) is 0.444. The molecule has 4 rings (SSSR count). The minimum atomic E-state index is -0.618. The Bertz CT molecular complexity index is 2000. The highest BCUT2D eigenvalue weighted by Gasteiger charge is 2.30. The van der Waals surface area contributed by atoms with Gasteiger partial charge in [-0.25, -0.2) is 14.4 Å². The molecule has 0 bridgehead atoms.